The highest BCUT2D eigenvalue weighted by molar-refractivity contribution is 7.71. The Morgan fingerprint density at radius 3 is 2.30 bits per heavy atom. The van der Waals surface area contributed by atoms with Gasteiger partial charge in [0.05, 0.1) is 0 Å². The lowest BCUT2D eigenvalue weighted by Crippen LogP contribution is -1.98. The number of aromatic nitrogens is 3. The van der Waals surface area contributed by atoms with Gasteiger partial charge in [-0.3, -0.25) is 9.67 Å². The van der Waals surface area contributed by atoms with Gasteiger partial charge >= 0.3 is 0 Å². The summed E-state index contributed by atoms with van der Waals surface area (Å²) in [4.78, 5) is 0. The smallest absolute Gasteiger partial charge is 0.200 e. The van der Waals surface area contributed by atoms with Crippen LogP contribution in [0.2, 0.25) is 0 Å². The van der Waals surface area contributed by atoms with Crippen LogP contribution in [0.5, 0.6) is 0 Å². The van der Waals surface area contributed by atoms with Crippen molar-refractivity contribution in [3.05, 3.63) is 64.9 Å². The standard InChI is InChI=1S/C14H9F2N3S/c15-10-6-9(7-11(16)8-10)13-17-18-14(20)19(13)12-4-2-1-3-5-12/h1-8H,(H,18,20). The normalized spacial score (nSPS) is 10.7. The minimum atomic E-state index is -0.659. The molecule has 0 unspecified atom stereocenters. The molecule has 0 bridgehead atoms. The summed E-state index contributed by atoms with van der Waals surface area (Å²) in [6.07, 6.45) is 0. The predicted octanol–water partition coefficient (Wildman–Crippen LogP) is 3.88. The number of nitrogens with zero attached hydrogens (tertiary/aromatic N) is 2. The Morgan fingerprint density at radius 1 is 1.00 bits per heavy atom. The molecule has 0 fully saturated rings. The zero-order valence-electron chi connectivity index (χ0n) is 10.2. The first-order valence-corrected chi connectivity index (χ1v) is 6.25. The van der Waals surface area contributed by atoms with E-state index in [0.717, 1.165) is 11.8 Å². The van der Waals surface area contributed by atoms with Crippen LogP contribution in [0.1, 0.15) is 0 Å². The van der Waals surface area contributed by atoms with E-state index in [0.29, 0.717) is 16.2 Å². The van der Waals surface area contributed by atoms with E-state index in [9.17, 15) is 8.78 Å². The zero-order valence-corrected chi connectivity index (χ0v) is 11.0. The molecule has 0 aliphatic carbocycles. The van der Waals surface area contributed by atoms with Gasteiger partial charge in [-0.25, -0.2) is 8.78 Å². The third-order valence-electron chi connectivity index (χ3n) is 2.81. The lowest BCUT2D eigenvalue weighted by atomic mass is 10.2. The van der Waals surface area contributed by atoms with Crippen molar-refractivity contribution in [1.29, 1.82) is 0 Å². The third kappa shape index (κ3) is 2.25. The van der Waals surface area contributed by atoms with Gasteiger partial charge in [0, 0.05) is 17.3 Å². The Bertz CT molecular complexity index is 789. The number of hydrogen-bond acceptors (Lipinski definition) is 2. The van der Waals surface area contributed by atoms with E-state index in [1.165, 1.54) is 12.1 Å². The van der Waals surface area contributed by atoms with Gasteiger partial charge in [0.1, 0.15) is 11.6 Å². The monoisotopic (exact) mass is 289 g/mol. The van der Waals surface area contributed by atoms with Gasteiger partial charge in [-0.15, -0.1) is 0 Å². The number of rotatable bonds is 2. The second kappa shape index (κ2) is 4.97. The Kier molecular flexibility index (Phi) is 3.15. The van der Waals surface area contributed by atoms with Gasteiger partial charge in [-0.2, -0.15) is 5.10 Å². The second-order valence-corrected chi connectivity index (χ2v) is 4.57. The third-order valence-corrected chi connectivity index (χ3v) is 3.08. The number of para-hydroxylation sites is 1. The number of halogens is 2. The summed E-state index contributed by atoms with van der Waals surface area (Å²) in [6, 6.07) is 12.5. The van der Waals surface area contributed by atoms with Crippen molar-refractivity contribution < 1.29 is 8.78 Å². The van der Waals surface area contributed by atoms with Gasteiger partial charge in [0.15, 0.2) is 10.6 Å². The first-order valence-electron chi connectivity index (χ1n) is 5.84. The molecule has 3 aromatic rings. The van der Waals surface area contributed by atoms with E-state index in [1.54, 1.807) is 4.57 Å². The first kappa shape index (κ1) is 12.7. The maximum atomic E-state index is 13.3. The van der Waals surface area contributed by atoms with Crippen LogP contribution in [0, 0.1) is 16.4 Å². The molecule has 3 rings (SSSR count). The predicted molar refractivity (Wildman–Crippen MR) is 74.1 cm³/mol. The van der Waals surface area contributed by atoms with Gasteiger partial charge < -0.3 is 0 Å². The molecule has 6 heteroatoms. The lowest BCUT2D eigenvalue weighted by Gasteiger charge is -2.07. The van der Waals surface area contributed by atoms with Crippen molar-refractivity contribution >= 4 is 12.2 Å². The number of aromatic amines is 1. The molecular weight excluding hydrogens is 280 g/mol. The highest BCUT2D eigenvalue weighted by Gasteiger charge is 2.12. The van der Waals surface area contributed by atoms with Gasteiger partial charge in [-0.1, -0.05) is 18.2 Å². The average Bonchev–Trinajstić information content (AvgIpc) is 2.80. The minimum Gasteiger partial charge on any atom is -0.268 e. The maximum Gasteiger partial charge on any atom is 0.200 e. The van der Waals surface area contributed by atoms with Crippen molar-refractivity contribution in [3.8, 4) is 17.1 Å². The molecule has 0 aliphatic heterocycles. The molecule has 0 aliphatic rings. The fourth-order valence-electron chi connectivity index (χ4n) is 1.99. The van der Waals surface area contributed by atoms with Gasteiger partial charge in [0.2, 0.25) is 0 Å². The quantitative estimate of drug-likeness (QED) is 0.726. The van der Waals surface area contributed by atoms with Crippen LogP contribution >= 0.6 is 12.2 Å². The summed E-state index contributed by atoms with van der Waals surface area (Å²) in [5, 5.41) is 6.70. The second-order valence-electron chi connectivity index (χ2n) is 4.18. The highest BCUT2D eigenvalue weighted by atomic mass is 32.1. The number of nitrogens with one attached hydrogen (secondary N) is 1. The maximum absolute atomic E-state index is 13.3. The molecule has 0 saturated heterocycles. The molecule has 0 radical (unpaired) electrons. The van der Waals surface area contributed by atoms with Gasteiger partial charge in [0.25, 0.3) is 0 Å². The lowest BCUT2D eigenvalue weighted by molar-refractivity contribution is 0.584. The van der Waals surface area contributed by atoms with Crippen LogP contribution in [0.25, 0.3) is 17.1 Å². The molecule has 100 valence electrons. The minimum absolute atomic E-state index is 0.318. The van der Waals surface area contributed by atoms with Gasteiger partial charge in [-0.05, 0) is 36.5 Å². The summed E-state index contributed by atoms with van der Waals surface area (Å²) in [5.74, 6) is -0.957. The zero-order chi connectivity index (χ0) is 14.1. The van der Waals surface area contributed by atoms with Crippen LogP contribution in [-0.2, 0) is 0 Å². The van der Waals surface area contributed by atoms with E-state index in [-0.39, 0.29) is 0 Å². The van der Waals surface area contributed by atoms with Crippen molar-refractivity contribution in [3.63, 3.8) is 0 Å². The van der Waals surface area contributed by atoms with Crippen molar-refractivity contribution in [1.82, 2.24) is 14.8 Å². The Balaban J connectivity index is 2.24. The Hall–Kier alpha value is -2.34. The molecule has 20 heavy (non-hydrogen) atoms. The molecule has 1 aromatic heterocycles. The van der Waals surface area contributed by atoms with Crippen molar-refractivity contribution in [2.75, 3.05) is 0 Å². The van der Waals surface area contributed by atoms with E-state index < -0.39 is 11.6 Å². The van der Waals surface area contributed by atoms with Crippen LogP contribution in [-0.4, -0.2) is 14.8 Å². The van der Waals surface area contributed by atoms with E-state index in [1.807, 2.05) is 30.3 Å². The molecule has 1 heterocycles. The highest BCUT2D eigenvalue weighted by Crippen LogP contribution is 2.23. The fourth-order valence-corrected chi connectivity index (χ4v) is 2.23. The summed E-state index contributed by atoms with van der Waals surface area (Å²) < 4.78 is 28.7. The molecule has 3 nitrogen and oxygen atoms in total. The van der Waals surface area contributed by atoms with Crippen LogP contribution in [0.15, 0.2) is 48.5 Å². The molecule has 0 saturated carbocycles. The van der Waals surface area contributed by atoms with Crippen LogP contribution < -0.4 is 0 Å². The summed E-state index contributed by atoms with van der Waals surface area (Å²) >= 11 is 5.18. The molecular formula is C14H9F2N3S. The Labute approximate surface area is 118 Å². The number of hydrogen-bond donors (Lipinski definition) is 1. The van der Waals surface area contributed by atoms with Crippen molar-refractivity contribution in [2.24, 2.45) is 0 Å². The van der Waals surface area contributed by atoms with Crippen LogP contribution in [0.3, 0.4) is 0 Å². The number of benzene rings is 2. The van der Waals surface area contributed by atoms with Crippen LogP contribution in [0.4, 0.5) is 8.78 Å². The van der Waals surface area contributed by atoms with E-state index in [4.69, 9.17) is 12.2 Å². The molecule has 1 N–H and O–H groups in total. The molecule has 0 amide bonds. The topological polar surface area (TPSA) is 33.6 Å². The van der Waals surface area contributed by atoms with E-state index in [2.05, 4.69) is 10.2 Å². The number of H-pyrrole nitrogens is 1. The summed E-state index contributed by atoms with van der Waals surface area (Å²) in [6.45, 7) is 0. The largest absolute Gasteiger partial charge is 0.268 e. The SMILES string of the molecule is Fc1cc(F)cc(-c2n[nH]c(=S)n2-c2ccccc2)c1. The van der Waals surface area contributed by atoms with Crippen molar-refractivity contribution in [2.45, 2.75) is 0 Å². The fraction of sp³-hybridized carbons (Fsp3) is 0. The summed E-state index contributed by atoms with van der Waals surface area (Å²) in [5.41, 5.74) is 1.09. The molecule has 0 spiro atoms. The van der Waals surface area contributed by atoms with E-state index >= 15 is 0 Å². The molecule has 0 atom stereocenters. The Morgan fingerprint density at radius 2 is 1.65 bits per heavy atom. The summed E-state index contributed by atoms with van der Waals surface area (Å²) in [7, 11) is 0. The molecule has 2 aromatic carbocycles. The first-order chi connectivity index (χ1) is 9.65. The average molecular weight is 289 g/mol.